The highest BCUT2D eigenvalue weighted by Gasteiger charge is 2.53. The molecule has 0 spiro atoms. The van der Waals surface area contributed by atoms with Crippen molar-refractivity contribution in [1.29, 1.82) is 0 Å². The molecular weight excluding hydrogens is 572 g/mol. The average Bonchev–Trinajstić information content (AvgIpc) is 3.75. The molecule has 1 aliphatic heterocycles. The molecule has 0 bridgehead atoms. The van der Waals surface area contributed by atoms with E-state index < -0.39 is 5.60 Å². The molecule has 1 saturated heterocycles. The van der Waals surface area contributed by atoms with Gasteiger partial charge in [0.25, 0.3) is 0 Å². The minimum absolute atomic E-state index is 0.0218. The summed E-state index contributed by atoms with van der Waals surface area (Å²) >= 11 is 5.41. The smallest absolute Gasteiger partial charge is 0.353 e. The molecule has 1 unspecified atom stereocenters. The van der Waals surface area contributed by atoms with Gasteiger partial charge in [0.1, 0.15) is 18.0 Å². The number of imidazole rings is 1. The molecule has 44 heavy (non-hydrogen) atoms. The van der Waals surface area contributed by atoms with E-state index in [1.807, 2.05) is 41.8 Å². The number of ether oxygens (including phenoxy) is 3. The molecule has 222 valence electrons. The van der Waals surface area contributed by atoms with Crippen molar-refractivity contribution in [3.8, 4) is 0 Å². The van der Waals surface area contributed by atoms with Crippen LogP contribution in [0.15, 0.2) is 109 Å². The number of hydrogen-bond acceptors (Lipinski definition) is 8. The molecule has 0 N–H and O–H groups in total. The zero-order valence-electron chi connectivity index (χ0n) is 24.4. The van der Waals surface area contributed by atoms with Crippen LogP contribution in [0.3, 0.4) is 0 Å². The maximum atomic E-state index is 7.19. The van der Waals surface area contributed by atoms with Gasteiger partial charge in [-0.2, -0.15) is 0 Å². The van der Waals surface area contributed by atoms with Crippen LogP contribution in [0.4, 0.5) is 5.82 Å². The fourth-order valence-corrected chi connectivity index (χ4v) is 6.63. The van der Waals surface area contributed by atoms with Crippen LogP contribution in [0.25, 0.3) is 11.2 Å². The first-order valence-electron chi connectivity index (χ1n) is 14.6. The lowest BCUT2D eigenvalue weighted by Gasteiger charge is -2.37. The first-order valence-corrected chi connectivity index (χ1v) is 15.0. The summed E-state index contributed by atoms with van der Waals surface area (Å²) in [5.41, 5.74) is 3.61. The molecule has 5 aromatic rings. The van der Waals surface area contributed by atoms with Crippen molar-refractivity contribution in [1.82, 2.24) is 24.4 Å². The van der Waals surface area contributed by atoms with E-state index in [1.165, 1.54) is 6.33 Å². The van der Waals surface area contributed by atoms with Gasteiger partial charge in [-0.1, -0.05) is 91.0 Å². The van der Waals surface area contributed by atoms with Crippen LogP contribution in [0, 0.1) is 5.92 Å². The van der Waals surface area contributed by atoms with Crippen molar-refractivity contribution < 1.29 is 14.2 Å². The number of benzene rings is 3. The molecule has 2 aliphatic rings. The Hall–Kier alpha value is -4.67. The lowest BCUT2D eigenvalue weighted by atomic mass is 9.80. The second kappa shape index (κ2) is 11.8. The van der Waals surface area contributed by atoms with Crippen molar-refractivity contribution in [2.75, 3.05) is 20.7 Å². The van der Waals surface area contributed by atoms with Gasteiger partial charge in [-0.3, -0.25) is 0 Å². The SMILES string of the molecule is CN(C)/C=N/c1ncnc2c1ncn2[C@@H]1C[C@H](COC(c2ccccc2)(c2ccccc2)c2ccccc2)[C@@H]2OC(=S)OC21. The van der Waals surface area contributed by atoms with Crippen molar-refractivity contribution in [2.24, 2.45) is 10.9 Å². The highest BCUT2D eigenvalue weighted by molar-refractivity contribution is 7.79. The van der Waals surface area contributed by atoms with Crippen LogP contribution >= 0.6 is 12.2 Å². The van der Waals surface area contributed by atoms with Gasteiger partial charge in [-0.05, 0) is 23.1 Å². The minimum atomic E-state index is -0.842. The number of nitrogens with zero attached hydrogens (tertiary/aromatic N) is 6. The number of hydrogen-bond donors (Lipinski definition) is 0. The molecule has 3 heterocycles. The molecule has 7 rings (SSSR count). The average molecular weight is 605 g/mol. The summed E-state index contributed by atoms with van der Waals surface area (Å²) in [6.45, 7) is 0.405. The van der Waals surface area contributed by atoms with E-state index in [2.05, 4.69) is 92.7 Å². The molecular formula is C34H32N6O3S. The van der Waals surface area contributed by atoms with Crippen LogP contribution in [0.5, 0.6) is 0 Å². The topological polar surface area (TPSA) is 86.9 Å². The van der Waals surface area contributed by atoms with Gasteiger partial charge in [0, 0.05) is 32.2 Å². The van der Waals surface area contributed by atoms with Crippen LogP contribution in [0.2, 0.25) is 0 Å². The maximum Gasteiger partial charge on any atom is 0.353 e. The van der Waals surface area contributed by atoms with Crippen molar-refractivity contribution >= 4 is 40.8 Å². The summed E-state index contributed by atoms with van der Waals surface area (Å²) in [5.74, 6) is 0.487. The predicted molar refractivity (Wildman–Crippen MR) is 172 cm³/mol. The van der Waals surface area contributed by atoms with E-state index in [9.17, 15) is 0 Å². The highest BCUT2D eigenvalue weighted by atomic mass is 32.1. The summed E-state index contributed by atoms with van der Waals surface area (Å²) in [5, 5.41) is 0.158. The largest absolute Gasteiger partial charge is 0.449 e. The molecule has 9 nitrogen and oxygen atoms in total. The van der Waals surface area contributed by atoms with Crippen LogP contribution in [0.1, 0.15) is 29.2 Å². The maximum absolute atomic E-state index is 7.19. The molecule has 0 radical (unpaired) electrons. The van der Waals surface area contributed by atoms with E-state index in [1.54, 1.807) is 12.7 Å². The van der Waals surface area contributed by atoms with Crippen LogP contribution < -0.4 is 0 Å². The summed E-state index contributed by atoms with van der Waals surface area (Å²) in [4.78, 5) is 19.9. The quantitative estimate of drug-likeness (QED) is 0.0919. The molecule has 1 aliphatic carbocycles. The zero-order chi connectivity index (χ0) is 30.1. The highest BCUT2D eigenvalue weighted by Crippen LogP contribution is 2.47. The molecule has 4 atom stereocenters. The molecule has 3 aromatic carbocycles. The standard InChI is InChI=1S/C34H32N6O3S/c1-39(2)21-38-31-28-32(36-20-35-31)40(22-37-28)27-18-23(29-30(27)43-33(44)42-29)19-41-34(24-12-6-3-7-13-24,25-14-8-4-9-15-25)26-16-10-5-11-17-26/h3-17,20-23,27,29-30H,18-19H2,1-2H3/b38-21+/t23-,27-,29+,30?/m1/s1. The van der Waals surface area contributed by atoms with E-state index in [-0.39, 0.29) is 29.4 Å². The number of aromatic nitrogens is 4. The Bertz CT molecular complexity index is 1680. The molecule has 2 aromatic heterocycles. The second-order valence-electron chi connectivity index (χ2n) is 11.3. The third-order valence-corrected chi connectivity index (χ3v) is 8.53. The number of aliphatic imine (C=N–C) groups is 1. The predicted octanol–water partition coefficient (Wildman–Crippen LogP) is 5.69. The summed E-state index contributed by atoms with van der Waals surface area (Å²) in [7, 11) is 3.81. The van der Waals surface area contributed by atoms with E-state index >= 15 is 0 Å². The lowest BCUT2D eigenvalue weighted by molar-refractivity contribution is -0.0260. The third kappa shape index (κ3) is 4.99. The molecule has 10 heteroatoms. The fourth-order valence-electron chi connectivity index (χ4n) is 6.41. The van der Waals surface area contributed by atoms with Gasteiger partial charge in [-0.15, -0.1) is 0 Å². The summed E-state index contributed by atoms with van der Waals surface area (Å²) in [6, 6.07) is 31.0. The first kappa shape index (κ1) is 28.1. The summed E-state index contributed by atoms with van der Waals surface area (Å²) < 4.78 is 21.5. The minimum Gasteiger partial charge on any atom is -0.449 e. The van der Waals surface area contributed by atoms with Crippen molar-refractivity contribution in [3.05, 3.63) is 120 Å². The molecule has 1 saturated carbocycles. The van der Waals surface area contributed by atoms with Gasteiger partial charge in [-0.25, -0.2) is 19.9 Å². The van der Waals surface area contributed by atoms with Crippen molar-refractivity contribution in [3.63, 3.8) is 0 Å². The van der Waals surface area contributed by atoms with Gasteiger partial charge >= 0.3 is 5.24 Å². The van der Waals surface area contributed by atoms with Gasteiger partial charge in [0.15, 0.2) is 23.1 Å². The molecule has 0 amide bonds. The summed E-state index contributed by atoms with van der Waals surface area (Å²) in [6.07, 6.45) is 5.13. The second-order valence-corrected chi connectivity index (χ2v) is 11.6. The Labute approximate surface area is 261 Å². The Balaban J connectivity index is 1.25. The Morgan fingerprint density at radius 2 is 1.48 bits per heavy atom. The van der Waals surface area contributed by atoms with Crippen LogP contribution in [-0.2, 0) is 19.8 Å². The van der Waals surface area contributed by atoms with E-state index in [4.69, 9.17) is 26.4 Å². The van der Waals surface area contributed by atoms with Gasteiger partial charge in [0.05, 0.1) is 25.3 Å². The van der Waals surface area contributed by atoms with Crippen molar-refractivity contribution in [2.45, 2.75) is 30.3 Å². The third-order valence-electron chi connectivity index (χ3n) is 8.34. The first-order chi connectivity index (χ1) is 21.5. The number of rotatable bonds is 9. The van der Waals surface area contributed by atoms with Gasteiger partial charge < -0.3 is 23.7 Å². The monoisotopic (exact) mass is 604 g/mol. The van der Waals surface area contributed by atoms with Gasteiger partial charge in [0.2, 0.25) is 0 Å². The Morgan fingerprint density at radius 3 is 2.07 bits per heavy atom. The number of thiocarbonyl (C=S) groups is 1. The van der Waals surface area contributed by atoms with E-state index in [0.29, 0.717) is 23.6 Å². The van der Waals surface area contributed by atoms with E-state index in [0.717, 1.165) is 23.1 Å². The zero-order valence-corrected chi connectivity index (χ0v) is 25.2. The number of fused-ring (bicyclic) bond motifs is 2. The Kier molecular flexibility index (Phi) is 7.53. The normalized spacial score (nSPS) is 21.4. The fraction of sp³-hybridized carbons (Fsp3) is 0.265. The Morgan fingerprint density at radius 1 is 0.886 bits per heavy atom. The van der Waals surface area contributed by atoms with Crippen LogP contribution in [-0.4, -0.2) is 68.9 Å². The lowest BCUT2D eigenvalue weighted by Crippen LogP contribution is -2.36. The molecule has 2 fully saturated rings.